The van der Waals surface area contributed by atoms with Crippen molar-refractivity contribution in [2.45, 2.75) is 20.0 Å². The minimum Gasteiger partial charge on any atom is -0.319 e. The summed E-state index contributed by atoms with van der Waals surface area (Å²) in [5.74, 6) is -0.206. The molecule has 0 saturated heterocycles. The highest BCUT2D eigenvalue weighted by molar-refractivity contribution is 6.13. The molecular weight excluding hydrogens is 448 g/mol. The van der Waals surface area contributed by atoms with Crippen molar-refractivity contribution < 1.29 is 4.79 Å². The van der Waals surface area contributed by atoms with Crippen molar-refractivity contribution in [3.05, 3.63) is 109 Å². The van der Waals surface area contributed by atoms with Crippen LogP contribution in [0, 0.1) is 0 Å². The Morgan fingerprint density at radius 3 is 2.50 bits per heavy atom. The van der Waals surface area contributed by atoms with Crippen molar-refractivity contribution >= 4 is 33.3 Å². The van der Waals surface area contributed by atoms with E-state index in [0.717, 1.165) is 23.0 Å². The van der Waals surface area contributed by atoms with Crippen LogP contribution in [0.25, 0.3) is 32.9 Å². The number of fused-ring (bicyclic) bond motifs is 2. The normalized spacial score (nSPS) is 11.2. The van der Waals surface area contributed by atoms with Crippen LogP contribution in [0.1, 0.15) is 22.8 Å². The Morgan fingerprint density at radius 1 is 0.861 bits per heavy atom. The van der Waals surface area contributed by atoms with Gasteiger partial charge in [-0.3, -0.25) is 14.2 Å². The number of para-hydroxylation sites is 1. The molecule has 3 aromatic carbocycles. The van der Waals surface area contributed by atoms with Crippen LogP contribution in [0.15, 0.2) is 97.6 Å². The van der Waals surface area contributed by atoms with Gasteiger partial charge in [-0.05, 0) is 35.4 Å². The van der Waals surface area contributed by atoms with Crippen molar-refractivity contribution in [2.24, 2.45) is 0 Å². The van der Waals surface area contributed by atoms with E-state index in [1.54, 1.807) is 12.4 Å². The lowest BCUT2D eigenvalue weighted by molar-refractivity contribution is 0.102. The Bertz CT molecular complexity index is 1710. The summed E-state index contributed by atoms with van der Waals surface area (Å²) in [6.45, 7) is 3.41. The van der Waals surface area contributed by atoms with Crippen molar-refractivity contribution in [2.75, 3.05) is 5.32 Å². The van der Waals surface area contributed by atoms with Crippen LogP contribution in [0.2, 0.25) is 0 Å². The molecule has 1 amide bonds. The predicted octanol–water partition coefficient (Wildman–Crippen LogP) is 5.77. The first-order valence-corrected chi connectivity index (χ1v) is 11.9. The van der Waals surface area contributed by atoms with Gasteiger partial charge >= 0.3 is 0 Å². The quantitative estimate of drug-likeness (QED) is 0.334. The van der Waals surface area contributed by atoms with Crippen molar-refractivity contribution in [1.82, 2.24) is 24.5 Å². The summed E-state index contributed by atoms with van der Waals surface area (Å²) in [4.78, 5) is 18.2. The maximum absolute atomic E-state index is 13.4. The van der Waals surface area contributed by atoms with Gasteiger partial charge in [-0.15, -0.1) is 0 Å². The van der Waals surface area contributed by atoms with Gasteiger partial charge < -0.3 is 5.32 Å². The third-order valence-corrected chi connectivity index (χ3v) is 6.32. The Labute approximate surface area is 208 Å². The van der Waals surface area contributed by atoms with Crippen LogP contribution in [0.5, 0.6) is 0 Å². The lowest BCUT2D eigenvalue weighted by atomic mass is 10.0. The van der Waals surface area contributed by atoms with Crippen LogP contribution < -0.4 is 5.32 Å². The second-order valence-electron chi connectivity index (χ2n) is 8.68. The van der Waals surface area contributed by atoms with E-state index in [-0.39, 0.29) is 5.91 Å². The molecule has 0 atom stereocenters. The molecule has 0 bridgehead atoms. The fourth-order valence-electron chi connectivity index (χ4n) is 4.50. The minimum atomic E-state index is -0.206. The highest BCUT2D eigenvalue weighted by Gasteiger charge is 2.16. The molecule has 7 heteroatoms. The molecule has 0 radical (unpaired) electrons. The molecule has 3 heterocycles. The molecule has 0 aliphatic rings. The first kappa shape index (κ1) is 21.7. The Morgan fingerprint density at radius 2 is 1.64 bits per heavy atom. The highest BCUT2D eigenvalue weighted by Crippen LogP contribution is 2.26. The number of hydrogen-bond donors (Lipinski definition) is 1. The first-order chi connectivity index (χ1) is 17.7. The third-order valence-electron chi connectivity index (χ3n) is 6.32. The number of aromatic nitrogens is 5. The number of hydrogen-bond acceptors (Lipinski definition) is 4. The monoisotopic (exact) mass is 472 g/mol. The summed E-state index contributed by atoms with van der Waals surface area (Å²) in [5, 5.41) is 15.0. The van der Waals surface area contributed by atoms with Crippen LogP contribution >= 0.6 is 0 Å². The zero-order valence-electron chi connectivity index (χ0n) is 19.8. The van der Waals surface area contributed by atoms with Crippen LogP contribution in [-0.2, 0) is 13.1 Å². The lowest BCUT2D eigenvalue weighted by Gasteiger charge is -2.09. The molecule has 3 aromatic heterocycles. The number of nitrogens with zero attached hydrogens (tertiary/aromatic N) is 5. The van der Waals surface area contributed by atoms with E-state index in [1.807, 2.05) is 71.1 Å². The number of pyridine rings is 1. The average molecular weight is 473 g/mol. The topological polar surface area (TPSA) is 77.6 Å². The number of aryl methyl sites for hydroxylation is 1. The Hall–Kier alpha value is -4.78. The molecule has 0 fully saturated rings. The van der Waals surface area contributed by atoms with Gasteiger partial charge in [0, 0.05) is 29.9 Å². The van der Waals surface area contributed by atoms with Gasteiger partial charge in [-0.2, -0.15) is 10.2 Å². The standard InChI is InChI=1S/C29H24N6O/c1-2-34-18-22(15-30-34)28-14-26(25-12-5-6-13-27(25)33-28)29(36)32-23-16-31-35(19-23)17-21-10-7-9-20-8-3-4-11-24(20)21/h3-16,18-19H,2,17H2,1H3,(H,32,36). The molecular formula is C29H24N6O. The summed E-state index contributed by atoms with van der Waals surface area (Å²) >= 11 is 0. The summed E-state index contributed by atoms with van der Waals surface area (Å²) in [7, 11) is 0. The number of benzene rings is 3. The van der Waals surface area contributed by atoms with E-state index in [4.69, 9.17) is 4.98 Å². The van der Waals surface area contributed by atoms with Crippen molar-refractivity contribution in [3.63, 3.8) is 0 Å². The number of nitrogens with one attached hydrogen (secondary N) is 1. The molecule has 1 N–H and O–H groups in total. The van der Waals surface area contributed by atoms with Gasteiger partial charge in [-0.25, -0.2) is 4.98 Å². The van der Waals surface area contributed by atoms with Gasteiger partial charge in [0.15, 0.2) is 0 Å². The van der Waals surface area contributed by atoms with Gasteiger partial charge in [0.2, 0.25) is 0 Å². The highest BCUT2D eigenvalue weighted by atomic mass is 16.1. The van der Waals surface area contributed by atoms with E-state index in [1.165, 1.54) is 16.3 Å². The zero-order valence-corrected chi connectivity index (χ0v) is 19.8. The van der Waals surface area contributed by atoms with E-state index in [9.17, 15) is 4.79 Å². The Kier molecular flexibility index (Phi) is 5.50. The van der Waals surface area contributed by atoms with Crippen LogP contribution in [0.4, 0.5) is 5.69 Å². The van der Waals surface area contributed by atoms with E-state index in [0.29, 0.717) is 23.5 Å². The molecule has 0 aliphatic carbocycles. The van der Waals surface area contributed by atoms with E-state index >= 15 is 0 Å². The molecule has 36 heavy (non-hydrogen) atoms. The molecule has 6 aromatic rings. The molecule has 0 spiro atoms. The van der Waals surface area contributed by atoms with Gasteiger partial charge in [0.25, 0.3) is 5.91 Å². The number of carbonyl (C=O) groups is 1. The van der Waals surface area contributed by atoms with Crippen LogP contribution in [0.3, 0.4) is 0 Å². The van der Waals surface area contributed by atoms with Gasteiger partial charge in [-0.1, -0.05) is 60.7 Å². The predicted molar refractivity (Wildman–Crippen MR) is 142 cm³/mol. The number of rotatable bonds is 6. The number of amides is 1. The molecule has 0 unspecified atom stereocenters. The summed E-state index contributed by atoms with van der Waals surface area (Å²) in [6.07, 6.45) is 7.25. The molecule has 176 valence electrons. The van der Waals surface area contributed by atoms with E-state index < -0.39 is 0 Å². The SMILES string of the molecule is CCn1cc(-c2cc(C(=O)Nc3cnn(Cc4cccc5ccccc45)c3)c3ccccc3n2)cn1. The van der Waals surface area contributed by atoms with Gasteiger partial charge in [0.1, 0.15) is 0 Å². The number of anilines is 1. The van der Waals surface area contributed by atoms with Crippen molar-refractivity contribution in [1.29, 1.82) is 0 Å². The maximum Gasteiger partial charge on any atom is 0.256 e. The van der Waals surface area contributed by atoms with Crippen LogP contribution in [-0.4, -0.2) is 30.5 Å². The molecule has 7 nitrogen and oxygen atoms in total. The van der Waals surface area contributed by atoms with Crippen molar-refractivity contribution in [3.8, 4) is 11.3 Å². The molecule has 0 saturated carbocycles. The van der Waals surface area contributed by atoms with E-state index in [2.05, 4.69) is 45.8 Å². The maximum atomic E-state index is 13.4. The minimum absolute atomic E-state index is 0.206. The number of carbonyl (C=O) groups excluding carboxylic acids is 1. The summed E-state index contributed by atoms with van der Waals surface area (Å²) in [5.41, 5.74) is 4.72. The smallest absolute Gasteiger partial charge is 0.256 e. The fraction of sp³-hybridized carbons (Fsp3) is 0.103. The average Bonchev–Trinajstić information content (AvgIpc) is 3.58. The third kappa shape index (κ3) is 4.11. The lowest BCUT2D eigenvalue weighted by Crippen LogP contribution is -2.12. The summed E-state index contributed by atoms with van der Waals surface area (Å²) < 4.78 is 3.68. The zero-order chi connectivity index (χ0) is 24.5. The molecule has 0 aliphatic heterocycles. The Balaban J connectivity index is 1.29. The van der Waals surface area contributed by atoms with Gasteiger partial charge in [0.05, 0.1) is 41.4 Å². The second kappa shape index (κ2) is 9.11. The molecule has 6 rings (SSSR count). The summed E-state index contributed by atoms with van der Waals surface area (Å²) in [6, 6.07) is 24.1. The largest absolute Gasteiger partial charge is 0.319 e. The first-order valence-electron chi connectivity index (χ1n) is 11.9. The fourth-order valence-corrected chi connectivity index (χ4v) is 4.50. The second-order valence-corrected chi connectivity index (χ2v) is 8.68.